The fourth-order valence-corrected chi connectivity index (χ4v) is 6.78. The van der Waals surface area contributed by atoms with Crippen molar-refractivity contribution in [2.24, 2.45) is 7.05 Å². The summed E-state index contributed by atoms with van der Waals surface area (Å²) in [4.78, 5) is 18.0. The van der Waals surface area contributed by atoms with E-state index < -0.39 is 7.81 Å². The van der Waals surface area contributed by atoms with Crippen molar-refractivity contribution < 1.29 is 39.3 Å². The van der Waals surface area contributed by atoms with E-state index in [0.29, 0.717) is 12.1 Å². The molecule has 270 valence electrons. The van der Waals surface area contributed by atoms with Crippen molar-refractivity contribution in [2.45, 2.75) is 38.8 Å². The number of carbonyl (C=O) groups is 1. The van der Waals surface area contributed by atoms with Crippen molar-refractivity contribution >= 4 is 53.5 Å². The van der Waals surface area contributed by atoms with Crippen LogP contribution < -0.4 is 9.47 Å². The number of unbranched alkanes of at least 4 members (excludes halogenated alkanes) is 1. The number of ether oxygens (including phenoxy) is 1. The fourth-order valence-electron chi connectivity index (χ4n) is 5.31. The maximum atomic E-state index is 13.3. The number of hydrogen-bond donors (Lipinski definition) is 0. The van der Waals surface area contributed by atoms with Gasteiger partial charge in [-0.1, -0.05) is 49.7 Å². The zero-order valence-electron chi connectivity index (χ0n) is 27.7. The van der Waals surface area contributed by atoms with Gasteiger partial charge in [-0.3, -0.25) is 0 Å². The molecule has 0 N–H and O–H groups in total. The zero-order chi connectivity index (χ0) is 36.7. The van der Waals surface area contributed by atoms with Gasteiger partial charge in [-0.2, -0.15) is 0 Å². The van der Waals surface area contributed by atoms with Gasteiger partial charge in [-0.05, 0) is 95.4 Å². The summed E-state index contributed by atoms with van der Waals surface area (Å²) in [6.45, 7) is 2.80. The molecule has 3 aromatic carbocycles. The molecular formula is C37H36F6N3O2PS2. The molecule has 51 heavy (non-hydrogen) atoms. The fraction of sp³-hybridized carbons (Fsp3) is 0.189. The van der Waals surface area contributed by atoms with Gasteiger partial charge < -0.3 is 9.64 Å². The number of esters is 1. The van der Waals surface area contributed by atoms with Gasteiger partial charge in [0.25, 0.3) is 0 Å². The third-order valence-corrected chi connectivity index (χ3v) is 9.45. The molecule has 0 aliphatic carbocycles. The van der Waals surface area contributed by atoms with Gasteiger partial charge in [0.1, 0.15) is 25.0 Å². The van der Waals surface area contributed by atoms with E-state index in [1.165, 1.54) is 20.9 Å². The molecule has 14 heteroatoms. The molecule has 0 fully saturated rings. The van der Waals surface area contributed by atoms with Crippen LogP contribution in [-0.4, -0.2) is 16.6 Å². The van der Waals surface area contributed by atoms with Crippen LogP contribution in [0.4, 0.5) is 42.2 Å². The van der Waals surface area contributed by atoms with E-state index in [-0.39, 0.29) is 12.1 Å². The second kappa shape index (κ2) is 15.0. The number of halogens is 6. The van der Waals surface area contributed by atoms with Crippen LogP contribution >= 0.6 is 30.5 Å². The van der Waals surface area contributed by atoms with Crippen molar-refractivity contribution in [1.29, 1.82) is 0 Å². The monoisotopic (exact) mass is 763 g/mol. The minimum absolute atomic E-state index is 0.185. The molecule has 0 saturated heterocycles. The molecule has 6 aromatic rings. The van der Waals surface area contributed by atoms with Gasteiger partial charge in [-0.25, -0.2) is 13.9 Å². The summed E-state index contributed by atoms with van der Waals surface area (Å²) in [6.07, 6.45) is 8.73. The van der Waals surface area contributed by atoms with E-state index in [2.05, 4.69) is 99.9 Å². The van der Waals surface area contributed by atoms with E-state index in [1.807, 2.05) is 54.6 Å². The van der Waals surface area contributed by atoms with Crippen molar-refractivity contribution in [3.05, 3.63) is 132 Å². The first-order valence-electron chi connectivity index (χ1n) is 16.0. The SMILES string of the molecule is CCCCC(C[n+]1ccn(C)c1)OC(=O)c1ccc(N(c2ccc(-c3cccs3)cc2)c2ccc(-c3cccs3)cc2)cc1.F[P-](F)(F)(F)(F)F. The number of rotatable bonds is 12. The minimum atomic E-state index is -10.7. The second-order valence-corrected chi connectivity index (χ2v) is 15.6. The maximum absolute atomic E-state index is 13.3. The summed E-state index contributed by atoms with van der Waals surface area (Å²) in [5, 5.41) is 4.20. The summed E-state index contributed by atoms with van der Waals surface area (Å²) in [6, 6.07) is 33.5. The number of nitrogens with zero attached hydrogens (tertiary/aromatic N) is 3. The number of anilines is 3. The first kappa shape index (κ1) is 37.8. The van der Waals surface area contributed by atoms with Crippen LogP contribution in [0.15, 0.2) is 127 Å². The Morgan fingerprint density at radius 1 is 0.784 bits per heavy atom. The molecule has 0 saturated carbocycles. The van der Waals surface area contributed by atoms with Crippen LogP contribution in [0, 0.1) is 0 Å². The number of carbonyl (C=O) groups excluding carboxylic acids is 1. The van der Waals surface area contributed by atoms with E-state index in [9.17, 15) is 30.0 Å². The number of aryl methyl sites for hydroxylation is 1. The molecule has 6 rings (SSSR count). The van der Waals surface area contributed by atoms with Crippen LogP contribution in [0.25, 0.3) is 20.9 Å². The topological polar surface area (TPSA) is 38.4 Å². The molecule has 0 bridgehead atoms. The van der Waals surface area contributed by atoms with Crippen LogP contribution in [0.3, 0.4) is 0 Å². The molecule has 0 spiro atoms. The standard InChI is InChI=1S/C37H36N3O2S2.F6P/c1-3-4-7-34(26-39-23-22-38(2)27-39)42-37(41)30-14-20-33(21-15-30)40(31-16-10-28(11-17-31)35-8-5-24-43-35)32-18-12-29(13-19-32)36-9-6-25-44-36;1-7(2,3,4,5)6/h5-6,8-25,27,34H,3-4,7,26H2,1-2H3;/q+1;-1. The first-order valence-corrected chi connectivity index (χ1v) is 19.8. The summed E-state index contributed by atoms with van der Waals surface area (Å²) in [5.41, 5.74) is 6.00. The molecule has 0 radical (unpaired) electrons. The summed E-state index contributed by atoms with van der Waals surface area (Å²) < 4.78 is 69.3. The normalized spacial score (nSPS) is 13.3. The van der Waals surface area contributed by atoms with Crippen molar-refractivity contribution in [3.8, 4) is 20.9 Å². The van der Waals surface area contributed by atoms with Gasteiger partial charge >= 0.3 is 39.0 Å². The molecule has 1 atom stereocenters. The Morgan fingerprint density at radius 2 is 1.25 bits per heavy atom. The molecule has 5 nitrogen and oxygen atoms in total. The predicted molar refractivity (Wildman–Crippen MR) is 196 cm³/mol. The quantitative estimate of drug-likeness (QED) is 0.0539. The first-order chi connectivity index (χ1) is 24.0. The Morgan fingerprint density at radius 3 is 1.65 bits per heavy atom. The van der Waals surface area contributed by atoms with Gasteiger partial charge in [0.2, 0.25) is 6.33 Å². The summed E-state index contributed by atoms with van der Waals surface area (Å²) in [5.74, 6) is -0.290. The number of hydrogen-bond acceptors (Lipinski definition) is 5. The van der Waals surface area contributed by atoms with E-state index in [4.69, 9.17) is 4.74 Å². The molecule has 0 aliphatic heterocycles. The zero-order valence-corrected chi connectivity index (χ0v) is 30.2. The third-order valence-electron chi connectivity index (χ3n) is 7.62. The molecule has 3 aromatic heterocycles. The van der Waals surface area contributed by atoms with Crippen molar-refractivity contribution in [2.75, 3.05) is 4.90 Å². The summed E-state index contributed by atoms with van der Waals surface area (Å²) >= 11 is 3.48. The van der Waals surface area contributed by atoms with Gasteiger partial charge in [0.15, 0.2) is 0 Å². The number of benzene rings is 3. The Bertz CT molecular complexity index is 1910. The average molecular weight is 764 g/mol. The second-order valence-electron chi connectivity index (χ2n) is 11.8. The van der Waals surface area contributed by atoms with E-state index >= 15 is 0 Å². The van der Waals surface area contributed by atoms with Gasteiger partial charge in [0, 0.05) is 26.8 Å². The van der Waals surface area contributed by atoms with Crippen LogP contribution in [0.1, 0.15) is 36.5 Å². The molecule has 0 aliphatic rings. The average Bonchev–Trinajstić information content (AvgIpc) is 3.88. The predicted octanol–water partition coefficient (Wildman–Crippen LogP) is 13.0. The molecule has 0 amide bonds. The van der Waals surface area contributed by atoms with Gasteiger partial charge in [0.05, 0.1) is 12.6 Å². The number of aromatic nitrogens is 2. The number of imidazole rings is 1. The van der Waals surface area contributed by atoms with Crippen molar-refractivity contribution in [1.82, 2.24) is 4.57 Å². The van der Waals surface area contributed by atoms with Gasteiger partial charge in [-0.15, -0.1) is 22.7 Å². The third kappa shape index (κ3) is 12.1. The van der Waals surface area contributed by atoms with E-state index in [0.717, 1.165) is 36.3 Å². The Kier molecular flexibility index (Phi) is 11.1. The molecule has 1 unspecified atom stereocenters. The Labute approximate surface area is 300 Å². The van der Waals surface area contributed by atoms with Crippen molar-refractivity contribution in [3.63, 3.8) is 0 Å². The van der Waals surface area contributed by atoms with Crippen LogP contribution in [-0.2, 0) is 18.3 Å². The number of thiophene rings is 2. The molecular weight excluding hydrogens is 728 g/mol. The van der Waals surface area contributed by atoms with Crippen LogP contribution in [0.5, 0.6) is 0 Å². The van der Waals surface area contributed by atoms with E-state index in [1.54, 1.807) is 22.7 Å². The summed E-state index contributed by atoms with van der Waals surface area (Å²) in [7, 11) is -8.67. The van der Waals surface area contributed by atoms with Crippen LogP contribution in [0.2, 0.25) is 0 Å². The molecule has 3 heterocycles. The Hall–Kier alpha value is -4.45. The Balaban J connectivity index is 0.000000654.